The molecule has 0 aliphatic carbocycles. The van der Waals surface area contributed by atoms with Gasteiger partial charge < -0.3 is 14.5 Å². The first kappa shape index (κ1) is 16.5. The van der Waals surface area contributed by atoms with Crippen molar-refractivity contribution in [3.63, 3.8) is 0 Å². The van der Waals surface area contributed by atoms with Gasteiger partial charge in [-0.25, -0.2) is 9.78 Å². The van der Waals surface area contributed by atoms with Crippen LogP contribution in [0.1, 0.15) is 33.6 Å². The number of hydrogen-bond donors (Lipinski definition) is 0. The first-order valence-corrected chi connectivity index (χ1v) is 7.80. The Balaban J connectivity index is 1.89. The predicted molar refractivity (Wildman–Crippen MR) is 85.8 cm³/mol. The van der Waals surface area contributed by atoms with Crippen LogP contribution in [-0.2, 0) is 4.74 Å². The summed E-state index contributed by atoms with van der Waals surface area (Å²) in [6, 6.07) is 0. The molecule has 0 N–H and O–H groups in total. The van der Waals surface area contributed by atoms with Crippen molar-refractivity contribution < 1.29 is 9.53 Å². The van der Waals surface area contributed by atoms with Crippen molar-refractivity contribution in [3.8, 4) is 0 Å². The van der Waals surface area contributed by atoms with Crippen molar-refractivity contribution in [2.75, 3.05) is 31.6 Å². The van der Waals surface area contributed by atoms with Gasteiger partial charge in [-0.3, -0.25) is 4.98 Å². The smallest absolute Gasteiger partial charge is 0.410 e. The summed E-state index contributed by atoms with van der Waals surface area (Å²) in [6.07, 6.45) is 7.04. The van der Waals surface area contributed by atoms with Crippen molar-refractivity contribution in [1.82, 2.24) is 14.9 Å². The number of aromatic nitrogens is 2. The summed E-state index contributed by atoms with van der Waals surface area (Å²) in [5.41, 5.74) is -0.444. The second kappa shape index (κ2) is 6.94. The number of ether oxygens (including phenoxy) is 1. The molecule has 2 rings (SSSR count). The van der Waals surface area contributed by atoms with E-state index in [-0.39, 0.29) is 6.09 Å². The first-order valence-electron chi connectivity index (χ1n) is 7.80. The fourth-order valence-electron chi connectivity index (χ4n) is 2.68. The lowest BCUT2D eigenvalue weighted by Gasteiger charge is -2.35. The summed E-state index contributed by atoms with van der Waals surface area (Å²) in [6.45, 7) is 8.06. The van der Waals surface area contributed by atoms with Gasteiger partial charge >= 0.3 is 6.09 Å². The fraction of sp³-hybridized carbons (Fsp3) is 0.688. The van der Waals surface area contributed by atoms with Crippen LogP contribution in [0.4, 0.5) is 10.6 Å². The van der Waals surface area contributed by atoms with E-state index in [9.17, 15) is 4.79 Å². The highest BCUT2D eigenvalue weighted by Crippen LogP contribution is 2.21. The largest absolute Gasteiger partial charge is 0.444 e. The van der Waals surface area contributed by atoms with Crippen LogP contribution in [0.2, 0.25) is 0 Å². The zero-order chi connectivity index (χ0) is 16.2. The number of carbonyl (C=O) groups excluding carboxylic acids is 1. The number of likely N-dealkylation sites (tertiary alicyclic amines) is 1. The van der Waals surface area contributed by atoms with E-state index in [0.717, 1.165) is 38.3 Å². The quantitative estimate of drug-likeness (QED) is 0.859. The normalized spacial score (nSPS) is 18.9. The van der Waals surface area contributed by atoms with E-state index in [0.29, 0.717) is 5.92 Å². The highest BCUT2D eigenvalue weighted by atomic mass is 16.6. The molecule has 1 atom stereocenters. The van der Waals surface area contributed by atoms with Gasteiger partial charge in [0.05, 0.1) is 6.20 Å². The van der Waals surface area contributed by atoms with Crippen molar-refractivity contribution in [2.24, 2.45) is 5.92 Å². The first-order chi connectivity index (χ1) is 10.3. The number of hydrogen-bond acceptors (Lipinski definition) is 5. The van der Waals surface area contributed by atoms with Gasteiger partial charge in [0.1, 0.15) is 11.4 Å². The van der Waals surface area contributed by atoms with Crippen LogP contribution in [0.25, 0.3) is 0 Å². The third-order valence-electron chi connectivity index (χ3n) is 3.64. The van der Waals surface area contributed by atoms with Crippen LogP contribution in [0, 0.1) is 5.92 Å². The molecular formula is C16H26N4O2. The maximum Gasteiger partial charge on any atom is 0.410 e. The van der Waals surface area contributed by atoms with E-state index in [2.05, 4.69) is 14.9 Å². The molecule has 0 bridgehead atoms. The summed E-state index contributed by atoms with van der Waals surface area (Å²) >= 11 is 0. The minimum Gasteiger partial charge on any atom is -0.444 e. The lowest BCUT2D eigenvalue weighted by atomic mass is 9.98. The number of anilines is 1. The molecule has 122 valence electrons. The highest BCUT2D eigenvalue weighted by molar-refractivity contribution is 5.68. The number of carbonyl (C=O) groups is 1. The van der Waals surface area contributed by atoms with E-state index in [1.165, 1.54) is 0 Å². The summed E-state index contributed by atoms with van der Waals surface area (Å²) in [5, 5.41) is 0. The van der Waals surface area contributed by atoms with E-state index in [1.54, 1.807) is 18.6 Å². The Hall–Kier alpha value is -1.85. The molecule has 0 saturated carbocycles. The average molecular weight is 306 g/mol. The summed E-state index contributed by atoms with van der Waals surface area (Å²) in [5.74, 6) is 1.28. The van der Waals surface area contributed by atoms with Crippen LogP contribution in [0.5, 0.6) is 0 Å². The molecule has 1 fully saturated rings. The Kier molecular flexibility index (Phi) is 5.21. The van der Waals surface area contributed by atoms with Crippen LogP contribution in [0.15, 0.2) is 18.6 Å². The second-order valence-electron chi connectivity index (χ2n) is 6.88. The van der Waals surface area contributed by atoms with Crippen LogP contribution in [0.3, 0.4) is 0 Å². The third-order valence-corrected chi connectivity index (χ3v) is 3.64. The van der Waals surface area contributed by atoms with Gasteiger partial charge in [-0.05, 0) is 39.5 Å². The van der Waals surface area contributed by atoms with Crippen LogP contribution < -0.4 is 4.90 Å². The van der Waals surface area contributed by atoms with E-state index >= 15 is 0 Å². The van der Waals surface area contributed by atoms with Gasteiger partial charge in [0.25, 0.3) is 0 Å². The Morgan fingerprint density at radius 2 is 2.23 bits per heavy atom. The zero-order valence-electron chi connectivity index (χ0n) is 14.0. The topological polar surface area (TPSA) is 58.6 Å². The van der Waals surface area contributed by atoms with Gasteiger partial charge in [0.15, 0.2) is 0 Å². The highest BCUT2D eigenvalue weighted by Gasteiger charge is 2.28. The molecule has 1 amide bonds. The lowest BCUT2D eigenvalue weighted by Crippen LogP contribution is -2.45. The fourth-order valence-corrected chi connectivity index (χ4v) is 2.68. The molecule has 1 aliphatic rings. The SMILES string of the molecule is CN(C[C@@H]1CCCN(C(=O)OC(C)(C)C)C1)c1cnccn1. The molecule has 0 spiro atoms. The number of rotatable bonds is 3. The van der Waals surface area contributed by atoms with Gasteiger partial charge in [-0.1, -0.05) is 0 Å². The van der Waals surface area contributed by atoms with Crippen molar-refractivity contribution in [1.29, 1.82) is 0 Å². The minimum absolute atomic E-state index is 0.209. The van der Waals surface area contributed by atoms with E-state index < -0.39 is 5.60 Å². The third kappa shape index (κ3) is 4.86. The van der Waals surface area contributed by atoms with Crippen molar-refractivity contribution in [2.45, 2.75) is 39.2 Å². The summed E-state index contributed by atoms with van der Waals surface area (Å²) < 4.78 is 5.47. The maximum atomic E-state index is 12.2. The molecule has 22 heavy (non-hydrogen) atoms. The van der Waals surface area contributed by atoms with Crippen LogP contribution >= 0.6 is 0 Å². The molecule has 1 aliphatic heterocycles. The molecule has 2 heterocycles. The van der Waals surface area contributed by atoms with E-state index in [1.807, 2.05) is 32.7 Å². The zero-order valence-corrected chi connectivity index (χ0v) is 14.0. The van der Waals surface area contributed by atoms with Crippen LogP contribution in [-0.4, -0.2) is 53.2 Å². The minimum atomic E-state index is -0.444. The Bertz CT molecular complexity index is 487. The van der Waals surface area contributed by atoms with Crippen molar-refractivity contribution in [3.05, 3.63) is 18.6 Å². The molecule has 1 aromatic heterocycles. The predicted octanol–water partition coefficient (Wildman–Crippen LogP) is 2.56. The number of amides is 1. The van der Waals surface area contributed by atoms with Gasteiger partial charge in [0.2, 0.25) is 0 Å². The second-order valence-corrected chi connectivity index (χ2v) is 6.88. The number of piperidine rings is 1. The summed E-state index contributed by atoms with van der Waals surface area (Å²) in [4.78, 5) is 24.5. The van der Waals surface area contributed by atoms with Gasteiger partial charge in [0, 0.05) is 39.1 Å². The summed E-state index contributed by atoms with van der Waals surface area (Å²) in [7, 11) is 2.01. The average Bonchev–Trinajstić information content (AvgIpc) is 2.46. The molecule has 0 unspecified atom stereocenters. The standard InChI is InChI=1S/C16H26N4O2/c1-16(2,3)22-15(21)20-9-5-6-13(12-20)11-19(4)14-10-17-7-8-18-14/h7-8,10,13H,5-6,9,11-12H2,1-4H3/t13-/m0/s1. The number of nitrogens with zero attached hydrogens (tertiary/aromatic N) is 4. The Labute approximate surface area is 132 Å². The molecule has 0 aromatic carbocycles. The maximum absolute atomic E-state index is 12.2. The van der Waals surface area contributed by atoms with Gasteiger partial charge in [-0.2, -0.15) is 0 Å². The van der Waals surface area contributed by atoms with Crippen molar-refractivity contribution >= 4 is 11.9 Å². The monoisotopic (exact) mass is 306 g/mol. The van der Waals surface area contributed by atoms with E-state index in [4.69, 9.17) is 4.74 Å². The molecule has 6 heteroatoms. The van der Waals surface area contributed by atoms with Gasteiger partial charge in [-0.15, -0.1) is 0 Å². The molecule has 1 saturated heterocycles. The Morgan fingerprint density at radius 1 is 1.45 bits per heavy atom. The molecule has 6 nitrogen and oxygen atoms in total. The molecular weight excluding hydrogens is 280 g/mol. The Morgan fingerprint density at radius 3 is 2.86 bits per heavy atom. The molecule has 0 radical (unpaired) electrons. The lowest BCUT2D eigenvalue weighted by molar-refractivity contribution is 0.0170. The molecule has 1 aromatic rings.